The third-order valence-electron chi connectivity index (χ3n) is 4.86. The van der Waals surface area contributed by atoms with Crippen LogP contribution in [-0.4, -0.2) is 51.7 Å². The molecule has 4 rings (SSSR count). The van der Waals surface area contributed by atoms with Gasteiger partial charge in [-0.25, -0.2) is 14.8 Å². The maximum atomic E-state index is 11.8. The van der Waals surface area contributed by atoms with Crippen LogP contribution in [0.2, 0.25) is 0 Å². The number of carbonyl (C=O) groups is 1. The Labute approximate surface area is 157 Å². The predicted octanol–water partition coefficient (Wildman–Crippen LogP) is 3.05. The van der Waals surface area contributed by atoms with Crippen molar-refractivity contribution in [3.8, 4) is 11.1 Å². The van der Waals surface area contributed by atoms with Crippen LogP contribution >= 0.6 is 0 Å². The molecule has 0 saturated carbocycles. The van der Waals surface area contributed by atoms with Crippen LogP contribution in [0.15, 0.2) is 36.8 Å². The number of aromatic nitrogens is 3. The van der Waals surface area contributed by atoms with Crippen molar-refractivity contribution in [2.75, 3.05) is 31.2 Å². The van der Waals surface area contributed by atoms with Gasteiger partial charge >= 0.3 is 5.97 Å². The number of morpholine rings is 1. The lowest BCUT2D eigenvalue weighted by atomic mass is 10.0. The largest absolute Gasteiger partial charge is 0.477 e. The van der Waals surface area contributed by atoms with Gasteiger partial charge in [-0.2, -0.15) is 0 Å². The Kier molecular flexibility index (Phi) is 4.53. The average Bonchev–Trinajstić information content (AvgIpc) is 3.12. The molecule has 1 aliphatic heterocycles. The molecular formula is C20H22N4O3. The molecule has 7 nitrogen and oxygen atoms in total. The molecular weight excluding hydrogens is 344 g/mol. The van der Waals surface area contributed by atoms with Crippen LogP contribution in [0.3, 0.4) is 0 Å². The van der Waals surface area contributed by atoms with E-state index < -0.39 is 5.97 Å². The van der Waals surface area contributed by atoms with Crippen LogP contribution in [0.25, 0.3) is 16.6 Å². The van der Waals surface area contributed by atoms with Gasteiger partial charge in [0.2, 0.25) is 0 Å². The molecule has 1 aliphatic rings. The van der Waals surface area contributed by atoms with E-state index in [0.29, 0.717) is 13.2 Å². The topological polar surface area (TPSA) is 80.0 Å². The third kappa shape index (κ3) is 3.26. The number of carboxylic acids is 1. The minimum atomic E-state index is -0.979. The molecule has 1 fully saturated rings. The van der Waals surface area contributed by atoms with Crippen LogP contribution in [0.1, 0.15) is 35.9 Å². The van der Waals surface area contributed by atoms with Gasteiger partial charge in [0, 0.05) is 24.8 Å². The second-order valence-corrected chi connectivity index (χ2v) is 6.98. The fourth-order valence-corrected chi connectivity index (χ4v) is 3.43. The Bertz CT molecular complexity index is 973. The summed E-state index contributed by atoms with van der Waals surface area (Å²) in [6, 6.07) is 7.62. The van der Waals surface area contributed by atoms with E-state index in [1.165, 1.54) is 0 Å². The molecule has 0 amide bonds. The van der Waals surface area contributed by atoms with E-state index in [1.807, 2.05) is 32.0 Å². The second-order valence-electron chi connectivity index (χ2n) is 6.98. The second kappa shape index (κ2) is 7.00. The summed E-state index contributed by atoms with van der Waals surface area (Å²) in [5.41, 5.74) is 3.60. The number of pyridine rings is 2. The van der Waals surface area contributed by atoms with Gasteiger partial charge in [-0.15, -0.1) is 0 Å². The highest BCUT2D eigenvalue weighted by atomic mass is 16.5. The first kappa shape index (κ1) is 17.5. The molecule has 7 heteroatoms. The molecule has 0 aromatic carbocycles. The molecule has 1 saturated heterocycles. The van der Waals surface area contributed by atoms with E-state index in [0.717, 1.165) is 41.2 Å². The van der Waals surface area contributed by atoms with E-state index in [9.17, 15) is 9.90 Å². The monoisotopic (exact) mass is 366 g/mol. The number of fused-ring (bicyclic) bond motifs is 1. The average molecular weight is 366 g/mol. The Hall–Kier alpha value is -2.93. The van der Waals surface area contributed by atoms with Gasteiger partial charge in [-0.05, 0) is 35.7 Å². The standard InChI is InChI=1S/C20H22N4O3/c1-13(2)19-16-9-15(10-17(20(25)26)24(16)12-22-19)14-3-4-18(21-11-14)23-5-7-27-8-6-23/h3-4,9-13H,5-8H2,1-2H3,(H,25,26). The molecule has 3 aromatic rings. The lowest BCUT2D eigenvalue weighted by Gasteiger charge is -2.27. The quantitative estimate of drug-likeness (QED) is 0.764. The molecule has 4 heterocycles. The summed E-state index contributed by atoms with van der Waals surface area (Å²) in [7, 11) is 0. The van der Waals surface area contributed by atoms with Crippen LogP contribution in [0.4, 0.5) is 5.82 Å². The summed E-state index contributed by atoms with van der Waals surface area (Å²) in [5.74, 6) is 0.134. The Balaban J connectivity index is 1.76. The fourth-order valence-electron chi connectivity index (χ4n) is 3.43. The van der Waals surface area contributed by atoms with Crippen molar-refractivity contribution in [3.05, 3.63) is 48.2 Å². The first-order valence-electron chi connectivity index (χ1n) is 9.08. The number of carboxylic acid groups (broad SMARTS) is 1. The van der Waals surface area contributed by atoms with Crippen molar-refractivity contribution < 1.29 is 14.6 Å². The van der Waals surface area contributed by atoms with E-state index in [-0.39, 0.29) is 11.6 Å². The molecule has 0 unspecified atom stereocenters. The number of rotatable bonds is 4. The van der Waals surface area contributed by atoms with E-state index in [2.05, 4.69) is 14.9 Å². The van der Waals surface area contributed by atoms with E-state index in [1.54, 1.807) is 23.0 Å². The van der Waals surface area contributed by atoms with Crippen molar-refractivity contribution in [3.63, 3.8) is 0 Å². The van der Waals surface area contributed by atoms with Gasteiger partial charge < -0.3 is 14.7 Å². The summed E-state index contributed by atoms with van der Waals surface area (Å²) in [5, 5.41) is 9.63. The molecule has 0 radical (unpaired) electrons. The van der Waals surface area contributed by atoms with Gasteiger partial charge in [0.25, 0.3) is 0 Å². The first-order chi connectivity index (χ1) is 13.0. The maximum Gasteiger partial charge on any atom is 0.352 e. The van der Waals surface area contributed by atoms with Crippen LogP contribution < -0.4 is 4.90 Å². The van der Waals surface area contributed by atoms with Gasteiger partial charge in [0.05, 0.1) is 24.4 Å². The van der Waals surface area contributed by atoms with E-state index in [4.69, 9.17) is 4.74 Å². The minimum Gasteiger partial charge on any atom is -0.477 e. The smallest absolute Gasteiger partial charge is 0.352 e. The summed E-state index contributed by atoms with van der Waals surface area (Å²) < 4.78 is 7.02. The number of nitrogens with zero attached hydrogens (tertiary/aromatic N) is 4. The maximum absolute atomic E-state index is 11.8. The highest BCUT2D eigenvalue weighted by Crippen LogP contribution is 2.28. The van der Waals surface area contributed by atoms with E-state index >= 15 is 0 Å². The highest BCUT2D eigenvalue weighted by Gasteiger charge is 2.17. The molecule has 3 aromatic heterocycles. The zero-order valence-electron chi connectivity index (χ0n) is 15.4. The molecule has 140 valence electrons. The van der Waals surface area contributed by atoms with Crippen LogP contribution in [0.5, 0.6) is 0 Å². The van der Waals surface area contributed by atoms with Gasteiger partial charge in [0.15, 0.2) is 0 Å². The number of aromatic carboxylic acids is 1. The predicted molar refractivity (Wildman–Crippen MR) is 103 cm³/mol. The normalized spacial score (nSPS) is 14.9. The van der Waals surface area contributed by atoms with Gasteiger partial charge in [0.1, 0.15) is 17.8 Å². The number of imidazole rings is 1. The number of hydrogen-bond donors (Lipinski definition) is 1. The van der Waals surface area contributed by atoms with Gasteiger partial charge in [-0.1, -0.05) is 13.8 Å². The summed E-state index contributed by atoms with van der Waals surface area (Å²) in [6.07, 6.45) is 3.38. The lowest BCUT2D eigenvalue weighted by molar-refractivity contribution is 0.0689. The van der Waals surface area contributed by atoms with Crippen molar-refractivity contribution in [1.29, 1.82) is 0 Å². The Morgan fingerprint density at radius 1 is 1.15 bits per heavy atom. The highest BCUT2D eigenvalue weighted by molar-refractivity contribution is 5.89. The zero-order valence-corrected chi connectivity index (χ0v) is 15.4. The summed E-state index contributed by atoms with van der Waals surface area (Å²) in [6.45, 7) is 7.18. The van der Waals surface area contributed by atoms with Crippen molar-refractivity contribution in [1.82, 2.24) is 14.4 Å². The Morgan fingerprint density at radius 2 is 1.93 bits per heavy atom. The molecule has 0 bridgehead atoms. The Morgan fingerprint density at radius 3 is 2.56 bits per heavy atom. The molecule has 27 heavy (non-hydrogen) atoms. The minimum absolute atomic E-state index is 0.194. The number of ether oxygens (including phenoxy) is 1. The van der Waals surface area contributed by atoms with Crippen molar-refractivity contribution in [2.24, 2.45) is 0 Å². The third-order valence-corrected chi connectivity index (χ3v) is 4.86. The van der Waals surface area contributed by atoms with Crippen LogP contribution in [0, 0.1) is 0 Å². The fraction of sp³-hybridized carbons (Fsp3) is 0.350. The number of hydrogen-bond acceptors (Lipinski definition) is 5. The number of anilines is 1. The lowest BCUT2D eigenvalue weighted by Crippen LogP contribution is -2.36. The first-order valence-corrected chi connectivity index (χ1v) is 9.08. The van der Waals surface area contributed by atoms with Crippen molar-refractivity contribution >= 4 is 17.3 Å². The molecule has 0 spiro atoms. The van der Waals surface area contributed by atoms with Crippen LogP contribution in [-0.2, 0) is 4.74 Å². The molecule has 0 atom stereocenters. The van der Waals surface area contributed by atoms with Crippen molar-refractivity contribution in [2.45, 2.75) is 19.8 Å². The summed E-state index contributed by atoms with van der Waals surface area (Å²) >= 11 is 0. The molecule has 1 N–H and O–H groups in total. The van der Waals surface area contributed by atoms with Gasteiger partial charge in [-0.3, -0.25) is 4.40 Å². The summed E-state index contributed by atoms with van der Waals surface area (Å²) in [4.78, 5) is 22.9. The molecule has 0 aliphatic carbocycles. The SMILES string of the molecule is CC(C)c1ncn2c(C(=O)O)cc(-c3ccc(N4CCOCC4)nc3)cc12. The zero-order chi connectivity index (χ0) is 19.0.